The molecule has 1 rings (SSSR count). The molecule has 116 valence electrons. The van der Waals surface area contributed by atoms with Gasteiger partial charge in [-0.2, -0.15) is 0 Å². The second kappa shape index (κ2) is 8.39. The Morgan fingerprint density at radius 3 is 2.43 bits per heavy atom. The van der Waals surface area contributed by atoms with Gasteiger partial charge in [0, 0.05) is 31.7 Å². The summed E-state index contributed by atoms with van der Waals surface area (Å²) < 4.78 is 0. The second-order valence-corrected chi connectivity index (χ2v) is 5.16. The fourth-order valence-corrected chi connectivity index (χ4v) is 2.03. The van der Waals surface area contributed by atoms with Gasteiger partial charge >= 0.3 is 0 Å². The molecule has 0 heterocycles. The normalized spacial score (nSPS) is 12.0. The highest BCUT2D eigenvalue weighted by atomic mass is 16.2. The van der Waals surface area contributed by atoms with Crippen LogP contribution in [-0.4, -0.2) is 43.9 Å². The van der Waals surface area contributed by atoms with E-state index in [9.17, 15) is 9.59 Å². The first-order chi connectivity index (χ1) is 9.96. The smallest absolute Gasteiger partial charge is 0.238 e. The lowest BCUT2D eigenvalue weighted by Gasteiger charge is -2.19. The van der Waals surface area contributed by atoms with Crippen LogP contribution in [0.4, 0.5) is 5.69 Å². The number of carbonyl (C=O) groups is 2. The van der Waals surface area contributed by atoms with Gasteiger partial charge in [-0.05, 0) is 24.7 Å². The first-order valence-corrected chi connectivity index (χ1v) is 6.95. The number of hydrogen-bond acceptors (Lipinski definition) is 4. The largest absolute Gasteiger partial charge is 0.359 e. The van der Waals surface area contributed by atoms with Gasteiger partial charge in [-0.15, -0.1) is 0 Å². The monoisotopic (exact) mass is 292 g/mol. The van der Waals surface area contributed by atoms with Crippen LogP contribution in [0.15, 0.2) is 24.3 Å². The quantitative estimate of drug-likeness (QED) is 0.679. The minimum absolute atomic E-state index is 0.0281. The van der Waals surface area contributed by atoms with Crippen LogP contribution in [0, 0.1) is 5.92 Å². The van der Waals surface area contributed by atoms with Gasteiger partial charge in [-0.3, -0.25) is 14.5 Å². The number of carbonyl (C=O) groups excluding carboxylic acids is 2. The summed E-state index contributed by atoms with van der Waals surface area (Å²) in [5, 5.41) is 5.42. The summed E-state index contributed by atoms with van der Waals surface area (Å²) >= 11 is 0. The maximum Gasteiger partial charge on any atom is 0.238 e. The molecule has 0 saturated carbocycles. The number of benzene rings is 1. The van der Waals surface area contributed by atoms with Crippen LogP contribution in [-0.2, 0) is 16.1 Å². The lowest BCUT2D eigenvalue weighted by atomic mass is 10.1. The molecule has 0 radical (unpaired) electrons. The highest BCUT2D eigenvalue weighted by Crippen LogP contribution is 2.09. The molecule has 6 nitrogen and oxygen atoms in total. The van der Waals surface area contributed by atoms with Crippen molar-refractivity contribution in [1.82, 2.24) is 10.2 Å². The number of anilines is 1. The second-order valence-electron chi connectivity index (χ2n) is 5.16. The van der Waals surface area contributed by atoms with E-state index in [1.165, 1.54) is 0 Å². The summed E-state index contributed by atoms with van der Waals surface area (Å²) in [5.74, 6) is -0.293. The summed E-state index contributed by atoms with van der Waals surface area (Å²) in [4.78, 5) is 25.2. The van der Waals surface area contributed by atoms with Crippen molar-refractivity contribution in [3.63, 3.8) is 0 Å². The SMILES string of the molecule is CNC(=O)C(C)CN(C)CC(=O)Nc1ccc(CN)cc1. The molecule has 2 amide bonds. The zero-order chi connectivity index (χ0) is 15.8. The van der Waals surface area contributed by atoms with Crippen molar-refractivity contribution >= 4 is 17.5 Å². The topological polar surface area (TPSA) is 87.5 Å². The molecular weight excluding hydrogens is 268 g/mol. The number of nitrogens with two attached hydrogens (primary N) is 1. The fourth-order valence-electron chi connectivity index (χ4n) is 2.03. The molecule has 0 saturated heterocycles. The van der Waals surface area contributed by atoms with Crippen LogP contribution in [0.5, 0.6) is 0 Å². The Morgan fingerprint density at radius 1 is 1.29 bits per heavy atom. The summed E-state index contributed by atoms with van der Waals surface area (Å²) in [6.45, 7) is 3.08. The van der Waals surface area contributed by atoms with Gasteiger partial charge in [0.1, 0.15) is 0 Å². The van der Waals surface area contributed by atoms with Crippen molar-refractivity contribution in [3.05, 3.63) is 29.8 Å². The molecule has 0 spiro atoms. The van der Waals surface area contributed by atoms with Gasteiger partial charge < -0.3 is 16.4 Å². The fraction of sp³-hybridized carbons (Fsp3) is 0.467. The van der Waals surface area contributed by atoms with Crippen LogP contribution < -0.4 is 16.4 Å². The predicted molar refractivity (Wildman–Crippen MR) is 83.7 cm³/mol. The van der Waals surface area contributed by atoms with Crippen molar-refractivity contribution in [2.45, 2.75) is 13.5 Å². The lowest BCUT2D eigenvalue weighted by molar-refractivity contribution is -0.125. The number of amides is 2. The van der Waals surface area contributed by atoms with Gasteiger partial charge in [0.2, 0.25) is 11.8 Å². The maximum absolute atomic E-state index is 11.9. The van der Waals surface area contributed by atoms with Gasteiger partial charge in [-0.25, -0.2) is 0 Å². The molecular formula is C15H24N4O2. The minimum atomic E-state index is -0.156. The van der Waals surface area contributed by atoms with Crippen molar-refractivity contribution in [2.75, 3.05) is 32.5 Å². The third-order valence-corrected chi connectivity index (χ3v) is 3.17. The summed E-state index contributed by atoms with van der Waals surface area (Å²) in [6, 6.07) is 7.42. The van der Waals surface area contributed by atoms with E-state index >= 15 is 0 Å². The first-order valence-electron chi connectivity index (χ1n) is 6.95. The van der Waals surface area contributed by atoms with Crippen molar-refractivity contribution < 1.29 is 9.59 Å². The number of rotatable bonds is 7. The van der Waals surface area contributed by atoms with Crippen LogP contribution in [0.3, 0.4) is 0 Å². The molecule has 1 aromatic rings. The Labute approximate surface area is 125 Å². The van der Waals surface area contributed by atoms with E-state index in [2.05, 4.69) is 10.6 Å². The Morgan fingerprint density at radius 2 is 1.90 bits per heavy atom. The van der Waals surface area contributed by atoms with E-state index in [4.69, 9.17) is 5.73 Å². The van der Waals surface area contributed by atoms with Gasteiger partial charge in [0.25, 0.3) is 0 Å². The molecule has 6 heteroatoms. The molecule has 4 N–H and O–H groups in total. The number of nitrogens with zero attached hydrogens (tertiary/aromatic N) is 1. The molecule has 0 aliphatic heterocycles. The minimum Gasteiger partial charge on any atom is -0.359 e. The third-order valence-electron chi connectivity index (χ3n) is 3.17. The Balaban J connectivity index is 2.43. The van der Waals surface area contributed by atoms with Gasteiger partial charge in [0.05, 0.1) is 6.54 Å². The summed E-state index contributed by atoms with van der Waals surface area (Å²) in [6.07, 6.45) is 0. The highest BCUT2D eigenvalue weighted by Gasteiger charge is 2.15. The van der Waals surface area contributed by atoms with Crippen molar-refractivity contribution in [2.24, 2.45) is 11.7 Å². The van der Waals surface area contributed by atoms with Crippen molar-refractivity contribution in [1.29, 1.82) is 0 Å². The van der Waals surface area contributed by atoms with E-state index in [1.807, 2.05) is 43.1 Å². The third kappa shape index (κ3) is 5.93. The zero-order valence-corrected chi connectivity index (χ0v) is 12.8. The van der Waals surface area contributed by atoms with Gasteiger partial charge in [-0.1, -0.05) is 19.1 Å². The molecule has 0 aromatic heterocycles. The van der Waals surface area contributed by atoms with Crippen molar-refractivity contribution in [3.8, 4) is 0 Å². The molecule has 0 aliphatic carbocycles. The molecule has 1 atom stereocenters. The number of likely N-dealkylation sites (N-methyl/N-ethyl adjacent to an activating group) is 1. The predicted octanol–water partition coefficient (Wildman–Crippen LogP) is 0.398. The first kappa shape index (κ1) is 17.1. The molecule has 0 aliphatic rings. The van der Waals surface area contributed by atoms with Gasteiger partial charge in [0.15, 0.2) is 0 Å². The summed E-state index contributed by atoms with van der Waals surface area (Å²) in [5.41, 5.74) is 7.28. The average molecular weight is 292 g/mol. The standard InChI is InChI=1S/C15H24N4O2/c1-11(15(21)17-2)9-19(3)10-14(20)18-13-6-4-12(8-16)5-7-13/h4-7,11H,8-10,16H2,1-3H3,(H,17,21)(H,18,20). The Hall–Kier alpha value is -1.92. The van der Waals surface area contributed by atoms with E-state index in [0.29, 0.717) is 13.1 Å². The number of nitrogens with one attached hydrogen (secondary N) is 2. The summed E-state index contributed by atoms with van der Waals surface area (Å²) in [7, 11) is 3.42. The molecule has 0 bridgehead atoms. The van der Waals surface area contributed by atoms with Crippen LogP contribution in [0.2, 0.25) is 0 Å². The van der Waals surface area contributed by atoms with E-state index in [0.717, 1.165) is 11.3 Å². The van der Waals surface area contributed by atoms with E-state index < -0.39 is 0 Å². The lowest BCUT2D eigenvalue weighted by Crippen LogP contribution is -2.38. The van der Waals surface area contributed by atoms with E-state index in [-0.39, 0.29) is 24.3 Å². The molecule has 1 unspecified atom stereocenters. The molecule has 1 aromatic carbocycles. The Kier molecular flexibility index (Phi) is 6.84. The highest BCUT2D eigenvalue weighted by molar-refractivity contribution is 5.92. The van der Waals surface area contributed by atoms with Crippen LogP contribution in [0.1, 0.15) is 12.5 Å². The molecule has 0 fully saturated rings. The van der Waals surface area contributed by atoms with Crippen LogP contribution in [0.25, 0.3) is 0 Å². The van der Waals surface area contributed by atoms with Crippen LogP contribution >= 0.6 is 0 Å². The average Bonchev–Trinajstić information content (AvgIpc) is 2.46. The number of hydrogen-bond donors (Lipinski definition) is 3. The zero-order valence-electron chi connectivity index (χ0n) is 12.8. The maximum atomic E-state index is 11.9. The Bertz CT molecular complexity index is 473. The van der Waals surface area contributed by atoms with E-state index in [1.54, 1.807) is 7.05 Å². The molecule has 21 heavy (non-hydrogen) atoms.